The summed E-state index contributed by atoms with van der Waals surface area (Å²) in [6.07, 6.45) is 1.70. The second-order valence-corrected chi connectivity index (χ2v) is 7.60. The van der Waals surface area contributed by atoms with Crippen molar-refractivity contribution in [3.8, 4) is 22.7 Å². The van der Waals surface area contributed by atoms with Gasteiger partial charge in [-0.1, -0.05) is 69.6 Å². The van der Waals surface area contributed by atoms with Crippen LogP contribution >= 0.6 is 39.3 Å². The number of hydrogen-bond donors (Lipinski definition) is 1. The molecule has 0 saturated heterocycles. The van der Waals surface area contributed by atoms with E-state index < -0.39 is 0 Å². The highest BCUT2D eigenvalue weighted by atomic mass is 79.9. The SMILES string of the molecule is Clc1cccc(-c2cnc(CSc3n[nH]c(-c4ccccc4Br)n3)o2)c1. The number of aromatic nitrogens is 4. The van der Waals surface area contributed by atoms with Crippen molar-refractivity contribution in [2.45, 2.75) is 10.9 Å². The van der Waals surface area contributed by atoms with Gasteiger partial charge in [-0.15, -0.1) is 5.10 Å². The molecule has 4 rings (SSSR count). The van der Waals surface area contributed by atoms with Crippen molar-refractivity contribution in [2.75, 3.05) is 0 Å². The highest BCUT2D eigenvalue weighted by Gasteiger charge is 2.11. The van der Waals surface area contributed by atoms with E-state index in [4.69, 9.17) is 16.0 Å². The first kappa shape index (κ1) is 17.3. The Hall–Kier alpha value is -2.09. The van der Waals surface area contributed by atoms with Gasteiger partial charge in [-0.3, -0.25) is 5.10 Å². The summed E-state index contributed by atoms with van der Waals surface area (Å²) in [6.45, 7) is 0. The lowest BCUT2D eigenvalue weighted by Gasteiger charge is -1.98. The van der Waals surface area contributed by atoms with Gasteiger partial charge in [0.25, 0.3) is 0 Å². The fourth-order valence-corrected chi connectivity index (χ4v) is 3.68. The first-order chi connectivity index (χ1) is 12.7. The van der Waals surface area contributed by atoms with Gasteiger partial charge in [0, 0.05) is 20.6 Å². The number of oxazole rings is 1. The van der Waals surface area contributed by atoms with E-state index >= 15 is 0 Å². The van der Waals surface area contributed by atoms with E-state index in [1.807, 2.05) is 48.5 Å². The number of thioether (sulfide) groups is 1. The summed E-state index contributed by atoms with van der Waals surface area (Å²) in [5.41, 5.74) is 1.86. The molecule has 0 spiro atoms. The van der Waals surface area contributed by atoms with E-state index in [2.05, 4.69) is 36.1 Å². The largest absolute Gasteiger partial charge is 0.440 e. The summed E-state index contributed by atoms with van der Waals surface area (Å²) < 4.78 is 6.76. The molecule has 0 bridgehead atoms. The molecule has 0 fully saturated rings. The summed E-state index contributed by atoms with van der Waals surface area (Å²) in [6, 6.07) is 15.3. The smallest absolute Gasteiger partial charge is 0.209 e. The maximum absolute atomic E-state index is 6.02. The Morgan fingerprint density at radius 1 is 1.15 bits per heavy atom. The van der Waals surface area contributed by atoms with Crippen LogP contribution in [0.25, 0.3) is 22.7 Å². The maximum atomic E-state index is 6.02. The topological polar surface area (TPSA) is 67.6 Å². The van der Waals surface area contributed by atoms with Crippen molar-refractivity contribution in [1.29, 1.82) is 0 Å². The van der Waals surface area contributed by atoms with Crippen LogP contribution in [0.15, 0.2) is 68.8 Å². The number of benzene rings is 2. The van der Waals surface area contributed by atoms with Crippen molar-refractivity contribution in [3.63, 3.8) is 0 Å². The van der Waals surface area contributed by atoms with E-state index in [1.165, 1.54) is 11.8 Å². The second-order valence-electron chi connectivity index (χ2n) is 5.36. The quantitative estimate of drug-likeness (QED) is 0.390. The zero-order valence-electron chi connectivity index (χ0n) is 13.3. The Labute approximate surface area is 167 Å². The van der Waals surface area contributed by atoms with Crippen molar-refractivity contribution >= 4 is 39.3 Å². The fraction of sp³-hybridized carbons (Fsp3) is 0.0556. The van der Waals surface area contributed by atoms with E-state index in [0.717, 1.165) is 15.6 Å². The first-order valence-corrected chi connectivity index (χ1v) is 9.85. The number of halogens is 2. The van der Waals surface area contributed by atoms with E-state index in [0.29, 0.717) is 33.4 Å². The van der Waals surface area contributed by atoms with Crippen LogP contribution in [0.4, 0.5) is 0 Å². The molecular formula is C18H12BrClN4OS. The summed E-state index contributed by atoms with van der Waals surface area (Å²) in [7, 11) is 0. The minimum Gasteiger partial charge on any atom is -0.440 e. The normalized spacial score (nSPS) is 11.0. The molecule has 0 aliphatic rings. The zero-order chi connectivity index (χ0) is 17.9. The van der Waals surface area contributed by atoms with Gasteiger partial charge in [-0.05, 0) is 18.2 Å². The van der Waals surface area contributed by atoms with Crippen LogP contribution in [-0.2, 0) is 5.75 Å². The summed E-state index contributed by atoms with van der Waals surface area (Å²) in [5.74, 6) is 2.55. The zero-order valence-corrected chi connectivity index (χ0v) is 16.5. The van der Waals surface area contributed by atoms with Gasteiger partial charge in [0.2, 0.25) is 11.0 Å². The fourth-order valence-electron chi connectivity index (χ4n) is 2.36. The van der Waals surface area contributed by atoms with Crippen LogP contribution in [0, 0.1) is 0 Å². The van der Waals surface area contributed by atoms with Crippen LogP contribution in [0.3, 0.4) is 0 Å². The number of nitrogens with zero attached hydrogens (tertiary/aromatic N) is 3. The molecule has 0 aliphatic carbocycles. The second kappa shape index (κ2) is 7.65. The van der Waals surface area contributed by atoms with Gasteiger partial charge in [-0.2, -0.15) is 0 Å². The lowest BCUT2D eigenvalue weighted by molar-refractivity contribution is 0.530. The Bertz CT molecular complexity index is 1050. The van der Waals surface area contributed by atoms with Gasteiger partial charge in [0.1, 0.15) is 0 Å². The lowest BCUT2D eigenvalue weighted by atomic mass is 10.2. The highest BCUT2D eigenvalue weighted by molar-refractivity contribution is 9.10. The number of nitrogens with one attached hydrogen (secondary N) is 1. The minimum absolute atomic E-state index is 0.536. The molecular weight excluding hydrogens is 436 g/mol. The molecule has 5 nitrogen and oxygen atoms in total. The number of hydrogen-bond acceptors (Lipinski definition) is 5. The molecule has 130 valence electrons. The van der Waals surface area contributed by atoms with Crippen molar-refractivity contribution in [1.82, 2.24) is 20.2 Å². The molecule has 2 heterocycles. The van der Waals surface area contributed by atoms with Crippen LogP contribution in [-0.4, -0.2) is 20.2 Å². The minimum atomic E-state index is 0.536. The molecule has 8 heteroatoms. The number of rotatable bonds is 5. The summed E-state index contributed by atoms with van der Waals surface area (Å²) in [4.78, 5) is 8.82. The third-order valence-corrected chi connectivity index (χ3v) is 5.34. The molecule has 0 unspecified atom stereocenters. The Morgan fingerprint density at radius 3 is 2.88 bits per heavy atom. The van der Waals surface area contributed by atoms with Crippen LogP contribution < -0.4 is 0 Å². The molecule has 4 aromatic rings. The highest BCUT2D eigenvalue weighted by Crippen LogP contribution is 2.28. The van der Waals surface area contributed by atoms with Crippen LogP contribution in [0.1, 0.15) is 5.89 Å². The predicted octanol–water partition coefficient (Wildman–Crippen LogP) is 5.83. The molecule has 1 N–H and O–H groups in total. The average molecular weight is 448 g/mol. The van der Waals surface area contributed by atoms with Crippen molar-refractivity contribution in [3.05, 3.63) is 70.1 Å². The monoisotopic (exact) mass is 446 g/mol. The third kappa shape index (κ3) is 3.85. The molecule has 0 aliphatic heterocycles. The molecule has 26 heavy (non-hydrogen) atoms. The first-order valence-electron chi connectivity index (χ1n) is 7.70. The Balaban J connectivity index is 1.45. The molecule has 0 amide bonds. The van der Waals surface area contributed by atoms with Gasteiger partial charge >= 0.3 is 0 Å². The van der Waals surface area contributed by atoms with E-state index in [-0.39, 0.29) is 0 Å². The van der Waals surface area contributed by atoms with Crippen molar-refractivity contribution < 1.29 is 4.42 Å². The van der Waals surface area contributed by atoms with Crippen LogP contribution in [0.2, 0.25) is 5.02 Å². The van der Waals surface area contributed by atoms with Gasteiger partial charge in [0.15, 0.2) is 11.6 Å². The van der Waals surface area contributed by atoms with Crippen molar-refractivity contribution in [2.24, 2.45) is 0 Å². The standard InChI is InChI=1S/C18H12BrClN4OS/c19-14-7-2-1-6-13(14)17-22-18(24-23-17)26-10-16-21-9-15(25-16)11-4-3-5-12(20)8-11/h1-9H,10H2,(H,22,23,24). The lowest BCUT2D eigenvalue weighted by Crippen LogP contribution is -1.82. The predicted molar refractivity (Wildman–Crippen MR) is 106 cm³/mol. The summed E-state index contributed by atoms with van der Waals surface area (Å²) in [5, 5.41) is 8.50. The van der Waals surface area contributed by atoms with Gasteiger partial charge < -0.3 is 4.42 Å². The maximum Gasteiger partial charge on any atom is 0.209 e. The van der Waals surface area contributed by atoms with Gasteiger partial charge in [0.05, 0.1) is 11.9 Å². The third-order valence-electron chi connectivity index (χ3n) is 3.58. The molecule has 0 radical (unpaired) electrons. The Morgan fingerprint density at radius 2 is 2.04 bits per heavy atom. The number of H-pyrrole nitrogens is 1. The Kier molecular flexibility index (Phi) is 5.10. The van der Waals surface area contributed by atoms with E-state index in [1.54, 1.807) is 6.20 Å². The van der Waals surface area contributed by atoms with Crippen LogP contribution in [0.5, 0.6) is 0 Å². The average Bonchev–Trinajstić information content (AvgIpc) is 3.30. The molecule has 2 aromatic carbocycles. The molecule has 2 aromatic heterocycles. The molecule has 0 atom stereocenters. The molecule has 0 saturated carbocycles. The summed E-state index contributed by atoms with van der Waals surface area (Å²) >= 11 is 11.0. The van der Waals surface area contributed by atoms with Gasteiger partial charge in [-0.25, -0.2) is 9.97 Å². The number of aromatic amines is 1. The van der Waals surface area contributed by atoms with E-state index in [9.17, 15) is 0 Å².